The molecule has 0 radical (unpaired) electrons. The molecule has 106 valence electrons. The number of halogens is 1. The van der Waals surface area contributed by atoms with Crippen molar-refractivity contribution in [2.45, 2.75) is 25.8 Å². The second kappa shape index (κ2) is 5.42. The number of likely N-dealkylation sites (tertiary alicyclic amines) is 1. The smallest absolute Gasteiger partial charge is 0.356 e. The topological polar surface area (TPSA) is 57.8 Å². The predicted octanol–water partition coefficient (Wildman–Crippen LogP) is 2.67. The van der Waals surface area contributed by atoms with E-state index in [0.717, 1.165) is 18.9 Å². The van der Waals surface area contributed by atoms with Crippen LogP contribution < -0.4 is 0 Å². The maximum absolute atomic E-state index is 11.3. The van der Waals surface area contributed by atoms with E-state index in [0.29, 0.717) is 17.1 Å². The Labute approximate surface area is 121 Å². The number of hydrogen-bond acceptors (Lipinski definition) is 3. The van der Waals surface area contributed by atoms with Gasteiger partial charge in [0.2, 0.25) is 0 Å². The van der Waals surface area contributed by atoms with Gasteiger partial charge in [0.1, 0.15) is 5.82 Å². The second-order valence-electron chi connectivity index (χ2n) is 5.12. The van der Waals surface area contributed by atoms with Crippen LogP contribution in [0.1, 0.15) is 35.6 Å². The zero-order chi connectivity index (χ0) is 14.1. The molecule has 6 heteroatoms. The van der Waals surface area contributed by atoms with E-state index in [-0.39, 0.29) is 5.69 Å². The van der Waals surface area contributed by atoms with Crippen LogP contribution in [0.5, 0.6) is 0 Å². The summed E-state index contributed by atoms with van der Waals surface area (Å²) in [7, 11) is 0. The van der Waals surface area contributed by atoms with Crippen molar-refractivity contribution in [2.24, 2.45) is 0 Å². The van der Waals surface area contributed by atoms with Crippen molar-refractivity contribution >= 4 is 23.1 Å². The average Bonchev–Trinajstić information content (AvgIpc) is 2.78. The van der Waals surface area contributed by atoms with E-state index in [9.17, 15) is 9.90 Å². The third kappa shape index (κ3) is 2.51. The molecule has 1 saturated heterocycles. The highest BCUT2D eigenvalue weighted by atomic mass is 35.5. The Balaban J connectivity index is 1.99. The minimum atomic E-state index is -1.02. The second-order valence-corrected chi connectivity index (χ2v) is 5.56. The molecule has 3 rings (SSSR count). The average molecular weight is 294 g/mol. The van der Waals surface area contributed by atoms with Gasteiger partial charge < -0.3 is 9.51 Å². The summed E-state index contributed by atoms with van der Waals surface area (Å²) >= 11 is 5.95. The predicted molar refractivity (Wildman–Crippen MR) is 76.3 cm³/mol. The molecule has 0 aromatic carbocycles. The molecule has 0 spiro atoms. The van der Waals surface area contributed by atoms with Gasteiger partial charge in [-0.05, 0) is 38.1 Å². The minimum Gasteiger partial charge on any atom is -0.476 e. The van der Waals surface area contributed by atoms with Gasteiger partial charge in [0.05, 0.1) is 12.1 Å². The van der Waals surface area contributed by atoms with Crippen molar-refractivity contribution in [1.82, 2.24) is 14.3 Å². The van der Waals surface area contributed by atoms with Gasteiger partial charge in [0.25, 0.3) is 0 Å². The molecule has 0 aliphatic carbocycles. The number of aromatic carboxylic acids is 1. The Morgan fingerprint density at radius 1 is 1.35 bits per heavy atom. The first kappa shape index (κ1) is 13.4. The van der Waals surface area contributed by atoms with Crippen LogP contribution in [0.15, 0.2) is 18.3 Å². The summed E-state index contributed by atoms with van der Waals surface area (Å²) in [5.74, 6) is -0.259. The van der Waals surface area contributed by atoms with Crippen molar-refractivity contribution in [3.63, 3.8) is 0 Å². The summed E-state index contributed by atoms with van der Waals surface area (Å²) in [6, 6.07) is 3.40. The number of hydrogen-bond donors (Lipinski definition) is 1. The van der Waals surface area contributed by atoms with Gasteiger partial charge in [-0.15, -0.1) is 0 Å². The molecule has 20 heavy (non-hydrogen) atoms. The lowest BCUT2D eigenvalue weighted by Crippen LogP contribution is -2.29. The zero-order valence-electron chi connectivity index (χ0n) is 11.0. The molecule has 1 aliphatic rings. The first-order valence-corrected chi connectivity index (χ1v) is 7.15. The Bertz CT molecular complexity index is 647. The molecule has 2 aromatic heterocycles. The highest BCUT2D eigenvalue weighted by Gasteiger charge is 2.19. The zero-order valence-corrected chi connectivity index (χ0v) is 11.8. The van der Waals surface area contributed by atoms with Crippen molar-refractivity contribution in [2.75, 3.05) is 13.1 Å². The summed E-state index contributed by atoms with van der Waals surface area (Å²) < 4.78 is 1.82. The number of piperidine rings is 1. The molecular formula is C14H16ClN3O2. The maximum atomic E-state index is 11.3. The van der Waals surface area contributed by atoms with Crippen molar-refractivity contribution in [3.8, 4) is 0 Å². The standard InChI is InChI=1S/C14H16ClN3O2/c15-10-4-7-18-11(8-10)13(14(19)20)16-12(18)9-17-5-2-1-3-6-17/h4,7-8H,1-3,5-6,9H2,(H,19,20). The van der Waals surface area contributed by atoms with Crippen molar-refractivity contribution in [1.29, 1.82) is 0 Å². The number of rotatable bonds is 3. The van der Waals surface area contributed by atoms with Crippen LogP contribution in [0.3, 0.4) is 0 Å². The van der Waals surface area contributed by atoms with Crippen LogP contribution in [-0.4, -0.2) is 38.4 Å². The number of pyridine rings is 1. The SMILES string of the molecule is O=C(O)c1nc(CN2CCCCC2)n2ccc(Cl)cc12. The Hall–Kier alpha value is -1.59. The van der Waals surface area contributed by atoms with Gasteiger partial charge in [-0.1, -0.05) is 18.0 Å². The lowest BCUT2D eigenvalue weighted by atomic mass is 10.1. The van der Waals surface area contributed by atoms with Gasteiger partial charge >= 0.3 is 5.97 Å². The summed E-state index contributed by atoms with van der Waals surface area (Å²) in [5.41, 5.74) is 0.622. The number of fused-ring (bicyclic) bond motifs is 1. The fraction of sp³-hybridized carbons (Fsp3) is 0.429. The fourth-order valence-electron chi connectivity index (χ4n) is 2.71. The fourth-order valence-corrected chi connectivity index (χ4v) is 2.87. The summed E-state index contributed by atoms with van der Waals surface area (Å²) in [6.45, 7) is 2.77. The number of aromatic nitrogens is 2. The van der Waals surface area contributed by atoms with Gasteiger partial charge in [0.15, 0.2) is 5.69 Å². The molecule has 3 heterocycles. The molecule has 1 N–H and O–H groups in total. The van der Waals surface area contributed by atoms with Gasteiger partial charge in [-0.25, -0.2) is 9.78 Å². The molecule has 0 saturated carbocycles. The van der Waals surface area contributed by atoms with Gasteiger partial charge in [-0.3, -0.25) is 4.90 Å². The van der Waals surface area contributed by atoms with Crippen LogP contribution in [0, 0.1) is 0 Å². The van der Waals surface area contributed by atoms with Crippen LogP contribution in [0.25, 0.3) is 5.52 Å². The van der Waals surface area contributed by atoms with Crippen LogP contribution >= 0.6 is 11.6 Å². The third-order valence-electron chi connectivity index (χ3n) is 3.69. The third-order valence-corrected chi connectivity index (χ3v) is 3.93. The number of nitrogens with zero attached hydrogens (tertiary/aromatic N) is 3. The number of imidazole rings is 1. The first-order valence-electron chi connectivity index (χ1n) is 6.77. The molecule has 0 bridgehead atoms. The van der Waals surface area contributed by atoms with E-state index in [4.69, 9.17) is 11.6 Å². The minimum absolute atomic E-state index is 0.0690. The Morgan fingerprint density at radius 3 is 2.80 bits per heavy atom. The van der Waals surface area contributed by atoms with E-state index in [1.54, 1.807) is 18.3 Å². The van der Waals surface area contributed by atoms with E-state index in [1.165, 1.54) is 19.3 Å². The van der Waals surface area contributed by atoms with Gasteiger partial charge in [-0.2, -0.15) is 0 Å². The van der Waals surface area contributed by atoms with Crippen molar-refractivity contribution < 1.29 is 9.90 Å². The molecule has 0 unspecified atom stereocenters. The quantitative estimate of drug-likeness (QED) is 0.945. The van der Waals surface area contributed by atoms with Gasteiger partial charge in [0, 0.05) is 11.2 Å². The van der Waals surface area contributed by atoms with E-state index in [1.807, 2.05) is 4.40 Å². The monoisotopic (exact) mass is 293 g/mol. The summed E-state index contributed by atoms with van der Waals surface area (Å²) in [6.07, 6.45) is 5.45. The molecule has 2 aromatic rings. The van der Waals surface area contributed by atoms with Crippen LogP contribution in [0.4, 0.5) is 0 Å². The number of carboxylic acid groups (broad SMARTS) is 1. The molecule has 0 atom stereocenters. The van der Waals surface area contributed by atoms with Crippen LogP contribution in [-0.2, 0) is 6.54 Å². The maximum Gasteiger partial charge on any atom is 0.356 e. The molecule has 0 amide bonds. The Morgan fingerprint density at radius 2 is 2.10 bits per heavy atom. The number of carboxylic acids is 1. The lowest BCUT2D eigenvalue weighted by molar-refractivity contribution is 0.0693. The highest BCUT2D eigenvalue weighted by Crippen LogP contribution is 2.20. The number of carbonyl (C=O) groups is 1. The van der Waals surface area contributed by atoms with Crippen LogP contribution in [0.2, 0.25) is 5.02 Å². The van der Waals surface area contributed by atoms with E-state index in [2.05, 4.69) is 9.88 Å². The van der Waals surface area contributed by atoms with E-state index < -0.39 is 5.97 Å². The molecule has 1 aliphatic heterocycles. The van der Waals surface area contributed by atoms with Crippen molar-refractivity contribution in [3.05, 3.63) is 34.9 Å². The summed E-state index contributed by atoms with van der Waals surface area (Å²) in [5, 5.41) is 9.78. The highest BCUT2D eigenvalue weighted by molar-refractivity contribution is 6.31. The summed E-state index contributed by atoms with van der Waals surface area (Å²) in [4.78, 5) is 17.9. The largest absolute Gasteiger partial charge is 0.476 e. The molecule has 5 nitrogen and oxygen atoms in total. The normalized spacial score (nSPS) is 16.6. The lowest BCUT2D eigenvalue weighted by Gasteiger charge is -2.25. The first-order chi connectivity index (χ1) is 9.65. The molecule has 1 fully saturated rings. The Kier molecular flexibility index (Phi) is 3.63. The molecular weight excluding hydrogens is 278 g/mol. The van der Waals surface area contributed by atoms with E-state index >= 15 is 0 Å².